The number of fused-ring (bicyclic) bond motifs is 1. The van der Waals surface area contributed by atoms with Gasteiger partial charge in [-0.2, -0.15) is 13.2 Å². The Bertz CT molecular complexity index is 1360. The number of hydrogen-bond donors (Lipinski definition) is 1. The fraction of sp³-hybridized carbons (Fsp3) is 0.208. The number of halogens is 4. The standard InChI is InChI=1S/C24H19ClF3NO4S/c25-19-8-9-22-21(13-19)17(7-10-23(30)31)14-29(22)34(32,33)20-6-2-4-16(12-20)15-3-1-5-18(11-15)24(26,27)28/h1-6,8-9,11-13,17H,7,10,14H2,(H,30,31). The first-order chi connectivity index (χ1) is 16.0. The molecule has 1 aliphatic rings. The Morgan fingerprint density at radius 1 is 1.03 bits per heavy atom. The third-order valence-corrected chi connectivity index (χ3v) is 7.75. The quantitative estimate of drug-likeness (QED) is 0.430. The molecule has 4 rings (SSSR count). The molecule has 0 fully saturated rings. The van der Waals surface area contributed by atoms with Gasteiger partial charge < -0.3 is 5.11 Å². The molecule has 1 aliphatic heterocycles. The van der Waals surface area contributed by atoms with Gasteiger partial charge in [0.2, 0.25) is 0 Å². The maximum atomic E-state index is 13.6. The molecule has 1 atom stereocenters. The topological polar surface area (TPSA) is 74.7 Å². The number of sulfonamides is 1. The van der Waals surface area contributed by atoms with Gasteiger partial charge in [0.05, 0.1) is 16.1 Å². The van der Waals surface area contributed by atoms with Gasteiger partial charge >= 0.3 is 12.1 Å². The SMILES string of the molecule is O=C(O)CCC1CN(S(=O)(=O)c2cccc(-c3cccc(C(F)(F)F)c3)c2)c2ccc(Cl)cc21. The lowest BCUT2D eigenvalue weighted by Gasteiger charge is -2.20. The minimum absolute atomic E-state index is 0.0407. The highest BCUT2D eigenvalue weighted by molar-refractivity contribution is 7.92. The molecule has 0 saturated heterocycles. The zero-order valence-corrected chi connectivity index (χ0v) is 19.2. The average molecular weight is 510 g/mol. The summed E-state index contributed by atoms with van der Waals surface area (Å²) in [7, 11) is -4.08. The van der Waals surface area contributed by atoms with Gasteiger partial charge in [0.15, 0.2) is 0 Å². The van der Waals surface area contributed by atoms with E-state index >= 15 is 0 Å². The van der Waals surface area contributed by atoms with Crippen LogP contribution >= 0.6 is 11.6 Å². The third-order valence-electron chi connectivity index (χ3n) is 5.74. The van der Waals surface area contributed by atoms with E-state index in [4.69, 9.17) is 16.7 Å². The van der Waals surface area contributed by atoms with Gasteiger partial charge in [-0.25, -0.2) is 8.42 Å². The zero-order valence-electron chi connectivity index (χ0n) is 17.6. The number of carbonyl (C=O) groups is 1. The van der Waals surface area contributed by atoms with E-state index in [1.54, 1.807) is 24.3 Å². The van der Waals surface area contributed by atoms with Crippen molar-refractivity contribution in [2.24, 2.45) is 0 Å². The molecular formula is C24H19ClF3NO4S. The maximum absolute atomic E-state index is 13.6. The van der Waals surface area contributed by atoms with E-state index in [9.17, 15) is 26.4 Å². The molecule has 5 nitrogen and oxygen atoms in total. The number of anilines is 1. The second-order valence-electron chi connectivity index (χ2n) is 7.98. The summed E-state index contributed by atoms with van der Waals surface area (Å²) >= 11 is 6.10. The molecule has 0 saturated carbocycles. The van der Waals surface area contributed by atoms with Crippen LogP contribution in [0.2, 0.25) is 5.02 Å². The van der Waals surface area contributed by atoms with E-state index in [2.05, 4.69) is 0 Å². The predicted octanol–water partition coefficient (Wildman–Crippen LogP) is 6.18. The van der Waals surface area contributed by atoms with Crippen LogP contribution in [0.3, 0.4) is 0 Å². The summed E-state index contributed by atoms with van der Waals surface area (Å²) in [4.78, 5) is 11.0. The first-order valence-electron chi connectivity index (χ1n) is 10.3. The number of hydrogen-bond acceptors (Lipinski definition) is 3. The highest BCUT2D eigenvalue weighted by Gasteiger charge is 2.37. The van der Waals surface area contributed by atoms with Gasteiger partial charge in [-0.1, -0.05) is 35.9 Å². The maximum Gasteiger partial charge on any atom is 0.416 e. The highest BCUT2D eigenvalue weighted by atomic mass is 35.5. The number of rotatable bonds is 6. The lowest BCUT2D eigenvalue weighted by atomic mass is 9.96. The molecule has 3 aromatic rings. The van der Waals surface area contributed by atoms with Gasteiger partial charge in [0.1, 0.15) is 0 Å². The molecule has 0 amide bonds. The first kappa shape index (κ1) is 24.1. The fourth-order valence-electron chi connectivity index (χ4n) is 4.09. The Morgan fingerprint density at radius 3 is 2.38 bits per heavy atom. The summed E-state index contributed by atoms with van der Waals surface area (Å²) in [5.41, 5.74) is 0.783. The number of alkyl halides is 3. The summed E-state index contributed by atoms with van der Waals surface area (Å²) in [5.74, 6) is -1.34. The van der Waals surface area contributed by atoms with Gasteiger partial charge in [0.25, 0.3) is 10.0 Å². The van der Waals surface area contributed by atoms with Crippen LogP contribution in [0, 0.1) is 0 Å². The van der Waals surface area contributed by atoms with E-state index < -0.39 is 27.7 Å². The van der Waals surface area contributed by atoms with Gasteiger partial charge in [-0.3, -0.25) is 9.10 Å². The van der Waals surface area contributed by atoms with Crippen molar-refractivity contribution < 1.29 is 31.5 Å². The number of benzene rings is 3. The molecule has 0 radical (unpaired) electrons. The van der Waals surface area contributed by atoms with E-state index in [1.165, 1.54) is 34.6 Å². The van der Waals surface area contributed by atoms with E-state index in [1.807, 2.05) is 0 Å². The number of carboxylic acid groups (broad SMARTS) is 1. The normalized spacial score (nSPS) is 15.9. The lowest BCUT2D eigenvalue weighted by Crippen LogP contribution is -2.30. The number of carboxylic acids is 1. The first-order valence-corrected chi connectivity index (χ1v) is 12.1. The molecular weight excluding hydrogens is 491 g/mol. The van der Waals surface area contributed by atoms with Crippen molar-refractivity contribution in [2.75, 3.05) is 10.8 Å². The molecule has 0 aromatic heterocycles. The smallest absolute Gasteiger partial charge is 0.416 e. The Hall–Kier alpha value is -3.04. The van der Waals surface area contributed by atoms with Crippen molar-refractivity contribution in [3.63, 3.8) is 0 Å². The van der Waals surface area contributed by atoms with E-state index in [-0.39, 0.29) is 35.8 Å². The van der Waals surface area contributed by atoms with Gasteiger partial charge in [-0.05, 0) is 65.6 Å². The monoisotopic (exact) mass is 509 g/mol. The molecule has 0 bridgehead atoms. The van der Waals surface area contributed by atoms with E-state index in [0.717, 1.165) is 12.1 Å². The largest absolute Gasteiger partial charge is 0.481 e. The van der Waals surface area contributed by atoms with Crippen LogP contribution in [-0.2, 0) is 21.0 Å². The van der Waals surface area contributed by atoms with Crippen LogP contribution < -0.4 is 4.31 Å². The average Bonchev–Trinajstić information content (AvgIpc) is 3.16. The predicted molar refractivity (Wildman–Crippen MR) is 122 cm³/mol. The minimum atomic E-state index is -4.52. The van der Waals surface area contributed by atoms with E-state index in [0.29, 0.717) is 21.8 Å². The van der Waals surface area contributed by atoms with Crippen molar-refractivity contribution in [2.45, 2.75) is 29.8 Å². The van der Waals surface area contributed by atoms with Gasteiger partial charge in [-0.15, -0.1) is 0 Å². The lowest BCUT2D eigenvalue weighted by molar-refractivity contribution is -0.138. The van der Waals surface area contributed by atoms with Crippen molar-refractivity contribution in [3.05, 3.63) is 82.9 Å². The zero-order chi connectivity index (χ0) is 24.7. The molecule has 34 heavy (non-hydrogen) atoms. The van der Waals surface area contributed by atoms with Crippen LogP contribution in [0.5, 0.6) is 0 Å². The van der Waals surface area contributed by atoms with Crippen molar-refractivity contribution in [1.29, 1.82) is 0 Å². The molecule has 178 valence electrons. The fourth-order valence-corrected chi connectivity index (χ4v) is 5.85. The van der Waals surface area contributed by atoms with Crippen LogP contribution in [-0.4, -0.2) is 26.0 Å². The summed E-state index contributed by atoms with van der Waals surface area (Å²) in [6, 6.07) is 15.2. The summed E-state index contributed by atoms with van der Waals surface area (Å²) in [6.45, 7) is 0.0407. The third kappa shape index (κ3) is 4.76. The van der Waals surface area contributed by atoms with Crippen LogP contribution in [0.4, 0.5) is 18.9 Å². The Morgan fingerprint density at radius 2 is 1.71 bits per heavy atom. The number of aliphatic carboxylic acids is 1. The van der Waals surface area contributed by atoms with Crippen LogP contribution in [0.15, 0.2) is 71.6 Å². The molecule has 3 aromatic carbocycles. The van der Waals surface area contributed by atoms with Gasteiger partial charge in [0, 0.05) is 23.9 Å². The Balaban J connectivity index is 1.72. The second kappa shape index (κ2) is 8.96. The number of nitrogens with zero attached hydrogens (tertiary/aromatic N) is 1. The summed E-state index contributed by atoms with van der Waals surface area (Å²) in [6.07, 6.45) is -4.42. The molecule has 1 heterocycles. The Labute approximate surface area is 199 Å². The van der Waals surface area contributed by atoms with Crippen molar-refractivity contribution in [3.8, 4) is 11.1 Å². The van der Waals surface area contributed by atoms with Crippen LogP contribution in [0.25, 0.3) is 11.1 Å². The summed E-state index contributed by atoms with van der Waals surface area (Å²) < 4.78 is 67.7. The Kier molecular flexibility index (Phi) is 6.35. The molecule has 0 aliphatic carbocycles. The minimum Gasteiger partial charge on any atom is -0.481 e. The molecule has 1 unspecified atom stereocenters. The van der Waals surface area contributed by atoms with Crippen molar-refractivity contribution in [1.82, 2.24) is 0 Å². The summed E-state index contributed by atoms with van der Waals surface area (Å²) in [5, 5.41) is 9.47. The highest BCUT2D eigenvalue weighted by Crippen LogP contribution is 2.43. The van der Waals surface area contributed by atoms with Crippen LogP contribution in [0.1, 0.15) is 29.9 Å². The molecule has 10 heteroatoms. The second-order valence-corrected chi connectivity index (χ2v) is 10.3. The van der Waals surface area contributed by atoms with Crippen molar-refractivity contribution >= 4 is 33.3 Å². The molecule has 0 spiro atoms. The molecule has 1 N–H and O–H groups in total.